The Balaban J connectivity index is 1.99. The Bertz CT molecular complexity index is 1050. The predicted molar refractivity (Wildman–Crippen MR) is 99.8 cm³/mol. The average molecular weight is 469 g/mol. The minimum absolute atomic E-state index is 0.140. The van der Waals surface area contributed by atoms with E-state index in [4.69, 9.17) is 33.1 Å². The van der Waals surface area contributed by atoms with E-state index in [-0.39, 0.29) is 27.0 Å². The standard InChI is InChI=1S/C16H12Cl2F2N2O6S/c17-10-3-1-8(5-13(10)29(21,25)26)15(24)27-7-14(23)22-9-2-4-12(11(18)6-9)28-16(19)20/h1-6,16H,7H2,(H,22,23)(H2,21,25,26). The zero-order valence-electron chi connectivity index (χ0n) is 14.2. The molecule has 0 aromatic heterocycles. The van der Waals surface area contributed by atoms with Crippen LogP contribution in [0.4, 0.5) is 14.5 Å². The Morgan fingerprint density at radius 2 is 1.79 bits per heavy atom. The van der Waals surface area contributed by atoms with Gasteiger partial charge in [-0.3, -0.25) is 4.79 Å². The Morgan fingerprint density at radius 1 is 1.10 bits per heavy atom. The van der Waals surface area contributed by atoms with Crippen LogP contribution in [0.2, 0.25) is 10.0 Å². The molecule has 8 nitrogen and oxygen atoms in total. The van der Waals surface area contributed by atoms with Gasteiger partial charge in [-0.05, 0) is 36.4 Å². The van der Waals surface area contributed by atoms with Crippen molar-refractivity contribution in [3.63, 3.8) is 0 Å². The van der Waals surface area contributed by atoms with Gasteiger partial charge in [0.05, 0.1) is 15.6 Å². The van der Waals surface area contributed by atoms with Gasteiger partial charge in [0.2, 0.25) is 10.0 Å². The van der Waals surface area contributed by atoms with Gasteiger partial charge in [-0.1, -0.05) is 23.2 Å². The maximum absolute atomic E-state index is 12.2. The van der Waals surface area contributed by atoms with Crippen LogP contribution in [0.3, 0.4) is 0 Å². The monoisotopic (exact) mass is 468 g/mol. The summed E-state index contributed by atoms with van der Waals surface area (Å²) in [5.74, 6) is -2.04. The molecule has 0 radical (unpaired) electrons. The van der Waals surface area contributed by atoms with Gasteiger partial charge >= 0.3 is 12.6 Å². The van der Waals surface area contributed by atoms with Crippen LogP contribution < -0.4 is 15.2 Å². The number of hydrogen-bond donors (Lipinski definition) is 2. The fourth-order valence-electron chi connectivity index (χ4n) is 2.03. The van der Waals surface area contributed by atoms with Crippen LogP contribution >= 0.6 is 23.2 Å². The number of hydrogen-bond acceptors (Lipinski definition) is 6. The van der Waals surface area contributed by atoms with E-state index in [1.807, 2.05) is 0 Å². The second-order valence-electron chi connectivity index (χ2n) is 5.34. The first-order valence-corrected chi connectivity index (χ1v) is 9.81. The lowest BCUT2D eigenvalue weighted by molar-refractivity contribution is -0.119. The minimum Gasteiger partial charge on any atom is -0.452 e. The van der Waals surface area contributed by atoms with E-state index < -0.39 is 40.0 Å². The molecule has 0 bridgehead atoms. The van der Waals surface area contributed by atoms with Gasteiger partial charge in [0, 0.05) is 5.69 Å². The van der Waals surface area contributed by atoms with E-state index in [0.29, 0.717) is 0 Å². The SMILES string of the molecule is NS(=O)(=O)c1cc(C(=O)OCC(=O)Nc2ccc(OC(F)F)c(Cl)c2)ccc1Cl. The maximum Gasteiger partial charge on any atom is 0.387 e. The molecule has 3 N–H and O–H groups in total. The van der Waals surface area contributed by atoms with Gasteiger partial charge < -0.3 is 14.8 Å². The summed E-state index contributed by atoms with van der Waals surface area (Å²) in [6.07, 6.45) is 0. The molecule has 29 heavy (non-hydrogen) atoms. The molecule has 0 unspecified atom stereocenters. The lowest BCUT2D eigenvalue weighted by Crippen LogP contribution is -2.21. The van der Waals surface area contributed by atoms with Crippen molar-refractivity contribution in [2.75, 3.05) is 11.9 Å². The summed E-state index contributed by atoms with van der Waals surface area (Å²) in [6.45, 7) is -3.78. The number of primary sulfonamides is 1. The van der Waals surface area contributed by atoms with Crippen LogP contribution in [0, 0.1) is 0 Å². The molecule has 0 fully saturated rings. The number of amides is 1. The molecule has 0 spiro atoms. The summed E-state index contributed by atoms with van der Waals surface area (Å²) in [5.41, 5.74) is -0.0524. The first-order chi connectivity index (χ1) is 13.5. The largest absolute Gasteiger partial charge is 0.452 e. The molecule has 0 saturated carbocycles. The highest BCUT2D eigenvalue weighted by Gasteiger charge is 2.18. The summed E-state index contributed by atoms with van der Waals surface area (Å²) in [5, 5.41) is 6.98. The number of alkyl halides is 2. The Hall–Kier alpha value is -2.47. The Labute approximate surface area is 173 Å². The molecule has 2 aromatic rings. The second kappa shape index (κ2) is 9.35. The third-order valence-electron chi connectivity index (χ3n) is 3.24. The third-order valence-corrected chi connectivity index (χ3v) is 4.93. The molecule has 0 heterocycles. The first kappa shape index (κ1) is 22.8. The molecule has 2 aromatic carbocycles. The van der Waals surface area contributed by atoms with Crippen LogP contribution in [0.25, 0.3) is 0 Å². The van der Waals surface area contributed by atoms with Crippen molar-refractivity contribution in [2.45, 2.75) is 11.5 Å². The second-order valence-corrected chi connectivity index (χ2v) is 7.68. The molecule has 13 heteroatoms. The average Bonchev–Trinajstić information content (AvgIpc) is 2.61. The van der Waals surface area contributed by atoms with Gasteiger partial charge in [0.15, 0.2) is 6.61 Å². The summed E-state index contributed by atoms with van der Waals surface area (Å²) in [7, 11) is -4.17. The highest BCUT2D eigenvalue weighted by Crippen LogP contribution is 2.29. The van der Waals surface area contributed by atoms with Crippen LogP contribution in [0.1, 0.15) is 10.4 Å². The maximum atomic E-state index is 12.2. The molecule has 0 aliphatic heterocycles. The lowest BCUT2D eigenvalue weighted by atomic mass is 10.2. The van der Waals surface area contributed by atoms with E-state index in [9.17, 15) is 26.8 Å². The molecule has 1 amide bonds. The van der Waals surface area contributed by atoms with Gasteiger partial charge in [-0.2, -0.15) is 8.78 Å². The van der Waals surface area contributed by atoms with E-state index in [1.54, 1.807) is 0 Å². The molecular formula is C16H12Cl2F2N2O6S. The fourth-order valence-corrected chi connectivity index (χ4v) is 3.33. The van der Waals surface area contributed by atoms with E-state index >= 15 is 0 Å². The van der Waals surface area contributed by atoms with E-state index in [0.717, 1.165) is 24.3 Å². The minimum atomic E-state index is -4.17. The number of esters is 1. The first-order valence-electron chi connectivity index (χ1n) is 7.51. The smallest absolute Gasteiger partial charge is 0.387 e. The normalized spacial score (nSPS) is 11.2. The van der Waals surface area contributed by atoms with E-state index in [2.05, 4.69) is 10.1 Å². The van der Waals surface area contributed by atoms with Crippen molar-refractivity contribution in [2.24, 2.45) is 5.14 Å². The number of halogens is 4. The molecule has 0 saturated heterocycles. The van der Waals surface area contributed by atoms with Crippen molar-refractivity contribution < 1.29 is 36.3 Å². The number of rotatable bonds is 7. The zero-order chi connectivity index (χ0) is 21.8. The number of sulfonamides is 1. The van der Waals surface area contributed by atoms with Crippen molar-refractivity contribution in [3.8, 4) is 5.75 Å². The molecule has 0 aliphatic carbocycles. The number of benzene rings is 2. The van der Waals surface area contributed by atoms with Crippen LogP contribution in [0.5, 0.6) is 5.75 Å². The number of nitrogens with one attached hydrogen (secondary N) is 1. The Morgan fingerprint density at radius 3 is 2.38 bits per heavy atom. The van der Waals surface area contributed by atoms with Crippen molar-refractivity contribution in [1.82, 2.24) is 0 Å². The number of nitrogens with two attached hydrogens (primary N) is 1. The highest BCUT2D eigenvalue weighted by atomic mass is 35.5. The summed E-state index contributed by atoms with van der Waals surface area (Å²) in [4.78, 5) is 23.4. The van der Waals surface area contributed by atoms with Crippen LogP contribution in [0.15, 0.2) is 41.3 Å². The molecular weight excluding hydrogens is 457 g/mol. The molecule has 0 atom stereocenters. The van der Waals surface area contributed by atoms with E-state index in [1.165, 1.54) is 12.1 Å². The van der Waals surface area contributed by atoms with Gasteiger partial charge in [-0.15, -0.1) is 0 Å². The third kappa shape index (κ3) is 6.53. The molecule has 156 valence electrons. The van der Waals surface area contributed by atoms with Gasteiger partial charge in [-0.25, -0.2) is 18.4 Å². The zero-order valence-corrected chi connectivity index (χ0v) is 16.5. The number of carbonyl (C=O) groups excluding carboxylic acids is 2. The number of anilines is 1. The predicted octanol–water partition coefficient (Wildman–Crippen LogP) is 3.04. The number of carbonyl (C=O) groups is 2. The van der Waals surface area contributed by atoms with Crippen molar-refractivity contribution in [3.05, 3.63) is 52.0 Å². The fraction of sp³-hybridized carbons (Fsp3) is 0.125. The molecule has 0 aliphatic rings. The topological polar surface area (TPSA) is 125 Å². The number of ether oxygens (including phenoxy) is 2. The highest BCUT2D eigenvalue weighted by molar-refractivity contribution is 7.89. The summed E-state index contributed by atoms with van der Waals surface area (Å²) < 4.78 is 56.2. The Kier molecular flexibility index (Phi) is 7.36. The van der Waals surface area contributed by atoms with Crippen molar-refractivity contribution in [1.29, 1.82) is 0 Å². The molecule has 2 rings (SSSR count). The van der Waals surface area contributed by atoms with Crippen molar-refractivity contribution >= 4 is 50.8 Å². The van der Waals surface area contributed by atoms with Crippen LogP contribution in [-0.4, -0.2) is 33.5 Å². The van der Waals surface area contributed by atoms with Gasteiger partial charge in [0.25, 0.3) is 5.91 Å². The summed E-state index contributed by atoms with van der Waals surface area (Å²) in [6, 6.07) is 6.79. The quantitative estimate of drug-likeness (QED) is 0.601. The summed E-state index contributed by atoms with van der Waals surface area (Å²) >= 11 is 11.5. The van der Waals surface area contributed by atoms with Crippen LogP contribution in [-0.2, 0) is 19.6 Å². The lowest BCUT2D eigenvalue weighted by Gasteiger charge is -2.10. The van der Waals surface area contributed by atoms with Gasteiger partial charge in [0.1, 0.15) is 10.6 Å².